The Bertz CT molecular complexity index is 945. The number of nitrogens with two attached hydrogens (primary N) is 1. The highest BCUT2D eigenvalue weighted by atomic mass is 32.2. The zero-order valence-electron chi connectivity index (χ0n) is 17.5. The summed E-state index contributed by atoms with van der Waals surface area (Å²) >= 11 is 0. The predicted octanol–water partition coefficient (Wildman–Crippen LogP) is 4.30. The van der Waals surface area contributed by atoms with E-state index in [1.165, 1.54) is 0 Å². The number of carbonyl (C=O) groups excluding carboxylic acids is 1. The highest BCUT2D eigenvalue weighted by Gasteiger charge is 2.44. The van der Waals surface area contributed by atoms with Crippen molar-refractivity contribution < 1.29 is 26.4 Å². The fraction of sp³-hybridized carbons (Fsp3) is 0.727. The van der Waals surface area contributed by atoms with Gasteiger partial charge in [0, 0.05) is 0 Å². The number of rotatable bonds is 8. The predicted molar refractivity (Wildman–Crippen MR) is 110 cm³/mol. The third kappa shape index (κ3) is 5.41. The average Bonchev–Trinajstić information content (AvgIpc) is 3.59. The number of hydrogen-bond acceptors (Lipinski definition) is 4. The first-order valence-electron chi connectivity index (χ1n) is 11.1. The van der Waals surface area contributed by atoms with Crippen LogP contribution in [0, 0.1) is 17.3 Å². The van der Waals surface area contributed by atoms with Crippen LogP contribution in [-0.2, 0) is 22.4 Å². The van der Waals surface area contributed by atoms with Crippen molar-refractivity contribution >= 4 is 15.7 Å². The molecule has 0 atom stereocenters. The fourth-order valence-electron chi connectivity index (χ4n) is 5.07. The first kappa shape index (κ1) is 22.6. The number of halogens is 3. The SMILES string of the molecule is NC(=O)c1ccc(C(F)(F)F)nc1CC1(CC2CC2)CCC(S(=O)(=O)CC2CC2)CC1. The smallest absolute Gasteiger partial charge is 0.366 e. The van der Waals surface area contributed by atoms with Gasteiger partial charge in [-0.3, -0.25) is 4.79 Å². The van der Waals surface area contributed by atoms with Gasteiger partial charge in [-0.2, -0.15) is 13.2 Å². The molecule has 0 spiro atoms. The van der Waals surface area contributed by atoms with E-state index in [1.54, 1.807) is 0 Å². The van der Waals surface area contributed by atoms with Gasteiger partial charge in [0.25, 0.3) is 5.91 Å². The van der Waals surface area contributed by atoms with Crippen LogP contribution in [0.5, 0.6) is 0 Å². The van der Waals surface area contributed by atoms with Crippen molar-refractivity contribution in [3.63, 3.8) is 0 Å². The molecule has 0 aromatic carbocycles. The second-order valence-corrected chi connectivity index (χ2v) is 12.2. The molecule has 0 radical (unpaired) electrons. The third-order valence-electron chi connectivity index (χ3n) is 7.16. The Labute approximate surface area is 180 Å². The van der Waals surface area contributed by atoms with Crippen molar-refractivity contribution in [3.05, 3.63) is 29.1 Å². The average molecular weight is 459 g/mol. The topological polar surface area (TPSA) is 90.1 Å². The highest BCUT2D eigenvalue weighted by Crippen LogP contribution is 2.51. The van der Waals surface area contributed by atoms with Gasteiger partial charge >= 0.3 is 6.18 Å². The summed E-state index contributed by atoms with van der Waals surface area (Å²) < 4.78 is 65.2. The van der Waals surface area contributed by atoms with E-state index in [9.17, 15) is 26.4 Å². The highest BCUT2D eigenvalue weighted by molar-refractivity contribution is 7.92. The van der Waals surface area contributed by atoms with Crippen molar-refractivity contribution in [2.75, 3.05) is 5.75 Å². The Kier molecular flexibility index (Phi) is 5.85. The third-order valence-corrected chi connectivity index (χ3v) is 9.58. The van der Waals surface area contributed by atoms with Crippen LogP contribution in [0.4, 0.5) is 13.2 Å². The summed E-state index contributed by atoms with van der Waals surface area (Å²) in [5.41, 5.74) is 4.16. The molecule has 1 amide bonds. The molecular formula is C22H29F3N2O3S. The lowest BCUT2D eigenvalue weighted by molar-refractivity contribution is -0.141. The molecule has 1 aromatic rings. The minimum atomic E-state index is -4.61. The number of aromatic nitrogens is 1. The van der Waals surface area contributed by atoms with Crippen LogP contribution < -0.4 is 5.73 Å². The maximum Gasteiger partial charge on any atom is 0.433 e. The summed E-state index contributed by atoms with van der Waals surface area (Å²) in [5.74, 6) is 0.283. The largest absolute Gasteiger partial charge is 0.433 e. The Morgan fingerprint density at radius 3 is 2.19 bits per heavy atom. The molecule has 4 rings (SSSR count). The van der Waals surface area contributed by atoms with Crippen LogP contribution in [0.3, 0.4) is 0 Å². The minimum absolute atomic E-state index is 0.0200. The first-order chi connectivity index (χ1) is 14.5. The van der Waals surface area contributed by atoms with Gasteiger partial charge in [-0.05, 0) is 80.8 Å². The Hall–Kier alpha value is -1.64. The summed E-state index contributed by atoms with van der Waals surface area (Å²) in [7, 11) is -3.14. The number of pyridine rings is 1. The van der Waals surface area contributed by atoms with E-state index in [0.717, 1.165) is 44.2 Å². The molecule has 3 aliphatic carbocycles. The number of amides is 1. The maximum atomic E-state index is 13.2. The van der Waals surface area contributed by atoms with Crippen molar-refractivity contribution in [2.45, 2.75) is 75.6 Å². The van der Waals surface area contributed by atoms with E-state index < -0.39 is 27.6 Å². The molecule has 5 nitrogen and oxygen atoms in total. The summed E-state index contributed by atoms with van der Waals surface area (Å²) in [6, 6.07) is 1.91. The van der Waals surface area contributed by atoms with Gasteiger partial charge < -0.3 is 5.73 Å². The van der Waals surface area contributed by atoms with Crippen LogP contribution >= 0.6 is 0 Å². The molecule has 31 heavy (non-hydrogen) atoms. The van der Waals surface area contributed by atoms with E-state index in [4.69, 9.17) is 5.73 Å². The molecule has 0 bridgehead atoms. The molecule has 3 fully saturated rings. The molecule has 0 saturated heterocycles. The van der Waals surface area contributed by atoms with Crippen molar-refractivity contribution in [3.8, 4) is 0 Å². The van der Waals surface area contributed by atoms with Crippen molar-refractivity contribution in [2.24, 2.45) is 23.0 Å². The van der Waals surface area contributed by atoms with Crippen LogP contribution in [0.2, 0.25) is 0 Å². The molecule has 3 saturated carbocycles. The number of carbonyl (C=O) groups is 1. The number of hydrogen-bond donors (Lipinski definition) is 1. The van der Waals surface area contributed by atoms with Crippen LogP contribution in [0.15, 0.2) is 12.1 Å². The molecule has 1 heterocycles. The van der Waals surface area contributed by atoms with Crippen molar-refractivity contribution in [1.29, 1.82) is 0 Å². The Balaban J connectivity index is 1.57. The lowest BCUT2D eigenvalue weighted by Gasteiger charge is -2.40. The Morgan fingerprint density at radius 2 is 1.68 bits per heavy atom. The molecular weight excluding hydrogens is 429 g/mol. The van der Waals surface area contributed by atoms with Gasteiger partial charge in [0.1, 0.15) is 5.69 Å². The van der Waals surface area contributed by atoms with E-state index in [1.807, 2.05) is 0 Å². The first-order valence-corrected chi connectivity index (χ1v) is 12.8. The second-order valence-electron chi connectivity index (χ2n) is 9.85. The van der Waals surface area contributed by atoms with Crippen LogP contribution in [0.25, 0.3) is 0 Å². The zero-order valence-corrected chi connectivity index (χ0v) is 18.3. The molecule has 9 heteroatoms. The molecule has 0 aliphatic heterocycles. The van der Waals surface area contributed by atoms with E-state index in [2.05, 4.69) is 4.98 Å². The molecule has 3 aliphatic rings. The molecule has 1 aromatic heterocycles. The van der Waals surface area contributed by atoms with E-state index in [-0.39, 0.29) is 34.1 Å². The number of nitrogens with zero attached hydrogens (tertiary/aromatic N) is 1. The molecule has 172 valence electrons. The lowest BCUT2D eigenvalue weighted by atomic mass is 9.67. The van der Waals surface area contributed by atoms with Crippen LogP contribution in [-0.4, -0.2) is 30.3 Å². The molecule has 2 N–H and O–H groups in total. The second kappa shape index (κ2) is 8.05. The van der Waals surface area contributed by atoms with Gasteiger partial charge in [0.2, 0.25) is 0 Å². The van der Waals surface area contributed by atoms with E-state index in [0.29, 0.717) is 37.5 Å². The summed E-state index contributed by atoms with van der Waals surface area (Å²) in [6.45, 7) is 0. The maximum absolute atomic E-state index is 13.2. The lowest BCUT2D eigenvalue weighted by Crippen LogP contribution is -2.37. The standard InChI is InChI=1S/C22H29F3N2O3S/c23-22(24,25)19-6-5-17(20(26)28)18(27-19)12-21(11-14-1-2-14)9-7-16(8-10-21)31(29,30)13-15-3-4-15/h5-6,14-16H,1-4,7-13H2,(H2,26,28). The van der Waals surface area contributed by atoms with Crippen LogP contribution in [0.1, 0.15) is 79.5 Å². The zero-order chi connectivity index (χ0) is 22.4. The summed E-state index contributed by atoms with van der Waals surface area (Å²) in [6.07, 6.45) is 2.86. The monoisotopic (exact) mass is 458 g/mol. The summed E-state index contributed by atoms with van der Waals surface area (Å²) in [5, 5.41) is -0.370. The fourth-order valence-corrected chi connectivity index (χ4v) is 7.29. The Morgan fingerprint density at radius 1 is 1.06 bits per heavy atom. The molecule has 0 unspecified atom stereocenters. The quantitative estimate of drug-likeness (QED) is 0.629. The number of primary amides is 1. The number of alkyl halides is 3. The van der Waals surface area contributed by atoms with Crippen molar-refractivity contribution in [1.82, 2.24) is 4.98 Å². The minimum Gasteiger partial charge on any atom is -0.366 e. The summed E-state index contributed by atoms with van der Waals surface area (Å²) in [4.78, 5) is 15.7. The van der Waals surface area contributed by atoms with Gasteiger partial charge in [-0.25, -0.2) is 13.4 Å². The normalized spacial score (nSPS) is 27.3. The van der Waals surface area contributed by atoms with Gasteiger partial charge in [0.15, 0.2) is 9.84 Å². The van der Waals surface area contributed by atoms with E-state index >= 15 is 0 Å². The van der Waals surface area contributed by atoms with Gasteiger partial charge in [-0.15, -0.1) is 0 Å². The van der Waals surface area contributed by atoms with Gasteiger partial charge in [0.05, 0.1) is 22.3 Å². The van der Waals surface area contributed by atoms with Gasteiger partial charge in [-0.1, -0.05) is 12.8 Å². The number of sulfone groups is 1.